The summed E-state index contributed by atoms with van der Waals surface area (Å²) in [4.78, 5) is 17.8. The number of carbonyl (C=O) groups excluding carboxylic acids is 2. The topological polar surface area (TPSA) is 80.3 Å². The van der Waals surface area contributed by atoms with Gasteiger partial charge in [0.2, 0.25) is 0 Å². The Kier molecular flexibility index (Phi) is 10.6. The van der Waals surface area contributed by atoms with Crippen LogP contribution in [0.1, 0.15) is 13.8 Å². The molecule has 0 aliphatic heterocycles. The predicted molar refractivity (Wildman–Crippen MR) is 79.3 cm³/mol. The van der Waals surface area contributed by atoms with Crippen molar-refractivity contribution in [1.82, 2.24) is 0 Å². The van der Waals surface area contributed by atoms with Gasteiger partial charge in [0.15, 0.2) is 0 Å². The first-order valence-electron chi connectivity index (χ1n) is 6.14. The van der Waals surface area contributed by atoms with Gasteiger partial charge in [-0.15, -0.1) is 0 Å². The summed E-state index contributed by atoms with van der Waals surface area (Å²) in [6, 6.07) is 21.5. The molecule has 2 aromatic rings. The molecule has 0 heterocycles. The summed E-state index contributed by atoms with van der Waals surface area (Å²) in [5, 5.41) is 17.8. The Morgan fingerprint density at radius 2 is 0.952 bits per heavy atom. The van der Waals surface area contributed by atoms with Gasteiger partial charge in [0.25, 0.3) is 0 Å². The summed E-state index contributed by atoms with van der Waals surface area (Å²) in [5.74, 6) is -2.17. The first-order valence-corrected chi connectivity index (χ1v) is 8.24. The van der Waals surface area contributed by atoms with Crippen LogP contribution in [0.3, 0.4) is 0 Å². The molecule has 5 heteroatoms. The van der Waals surface area contributed by atoms with Gasteiger partial charge in [0, 0.05) is 11.9 Å². The number of hydrogen-bond acceptors (Lipinski definition) is 4. The molecule has 2 aromatic carbocycles. The maximum atomic E-state index is 8.89. The van der Waals surface area contributed by atoms with E-state index in [1.54, 1.807) is 0 Å². The van der Waals surface area contributed by atoms with Crippen molar-refractivity contribution in [3.05, 3.63) is 60.7 Å². The second-order valence-electron chi connectivity index (χ2n) is 3.84. The van der Waals surface area contributed by atoms with Crippen LogP contribution in [0.5, 0.6) is 0 Å². The van der Waals surface area contributed by atoms with Crippen molar-refractivity contribution < 1.29 is 19.8 Å². The average molecular weight is 345 g/mol. The molecule has 0 aromatic heterocycles. The van der Waals surface area contributed by atoms with E-state index in [-0.39, 0.29) is 15.4 Å². The average Bonchev–Trinajstić information content (AvgIpc) is 2.40. The van der Waals surface area contributed by atoms with Crippen LogP contribution in [0.4, 0.5) is 0 Å². The molecule has 0 N–H and O–H groups in total. The van der Waals surface area contributed by atoms with E-state index < -0.39 is 11.9 Å². The summed E-state index contributed by atoms with van der Waals surface area (Å²) in [6.45, 7) is 1.94. The summed E-state index contributed by atoms with van der Waals surface area (Å²) in [7, 11) is 0. The molecular formula is C16H16GeO4. The maximum absolute atomic E-state index is 8.89. The summed E-state index contributed by atoms with van der Waals surface area (Å²) in [6.07, 6.45) is 0. The van der Waals surface area contributed by atoms with Crippen molar-refractivity contribution in [2.24, 2.45) is 0 Å². The number of aliphatic carboxylic acids is 2. The second-order valence-corrected chi connectivity index (χ2v) is 6.79. The minimum atomic E-state index is -1.08. The van der Waals surface area contributed by atoms with Gasteiger partial charge in [-0.05, 0) is 13.8 Å². The standard InChI is InChI=1S/C12H10Ge.2C2H4O2/c1-3-7-11(8-4-1)13-12-9-5-2-6-10-12;2*1-2(3)4/h1-10H;2*1H3,(H,3,4)/q+2;;/p-2. The van der Waals surface area contributed by atoms with Crippen molar-refractivity contribution in [3.8, 4) is 0 Å². The van der Waals surface area contributed by atoms with Crippen LogP contribution in [0, 0.1) is 0 Å². The molecule has 0 saturated heterocycles. The van der Waals surface area contributed by atoms with Gasteiger partial charge in [0.05, 0.1) is 0 Å². The number of carboxylic acids is 2. The molecule has 4 nitrogen and oxygen atoms in total. The molecule has 0 aliphatic rings. The van der Waals surface area contributed by atoms with Gasteiger partial charge < -0.3 is 19.8 Å². The van der Waals surface area contributed by atoms with Gasteiger partial charge in [-0.1, -0.05) is 0 Å². The molecule has 0 atom stereocenters. The molecule has 0 fully saturated rings. The predicted octanol–water partition coefficient (Wildman–Crippen LogP) is -1.15. The van der Waals surface area contributed by atoms with Crippen LogP contribution in [0.25, 0.3) is 0 Å². The van der Waals surface area contributed by atoms with Gasteiger partial charge in [0.1, 0.15) is 0 Å². The molecule has 0 radical (unpaired) electrons. The molecule has 2 rings (SSSR count). The molecule has 0 saturated carbocycles. The SMILES string of the molecule is CC(=O)[O-].CC(=O)[O-].c1cc[c]([Ge+2][c]2ccccc2)cc1. The quantitative estimate of drug-likeness (QED) is 0.645. The van der Waals surface area contributed by atoms with Crippen molar-refractivity contribution in [1.29, 1.82) is 0 Å². The van der Waals surface area contributed by atoms with Crippen LogP contribution in [-0.4, -0.2) is 27.4 Å². The van der Waals surface area contributed by atoms with Crippen LogP contribution >= 0.6 is 0 Å². The fourth-order valence-corrected chi connectivity index (χ4v) is 3.42. The summed E-state index contributed by atoms with van der Waals surface area (Å²) < 4.78 is 2.99. The molecule has 21 heavy (non-hydrogen) atoms. The minimum absolute atomic E-state index is 0.108. The fourth-order valence-electron chi connectivity index (χ4n) is 1.21. The Bertz CT molecular complexity index is 469. The zero-order valence-corrected chi connectivity index (χ0v) is 14.0. The summed E-state index contributed by atoms with van der Waals surface area (Å²) >= 11 is -0.108. The molecule has 0 amide bonds. The third-order valence-electron chi connectivity index (χ3n) is 1.84. The Labute approximate surface area is 130 Å². The van der Waals surface area contributed by atoms with E-state index in [0.717, 1.165) is 13.8 Å². The zero-order chi connectivity index (χ0) is 16.1. The number of benzene rings is 2. The summed E-state index contributed by atoms with van der Waals surface area (Å²) in [5.41, 5.74) is 0. The molecular weight excluding hydrogens is 329 g/mol. The van der Waals surface area contributed by atoms with Gasteiger partial charge in [-0.3, -0.25) is 0 Å². The third kappa shape index (κ3) is 14.1. The van der Waals surface area contributed by atoms with E-state index in [2.05, 4.69) is 60.7 Å². The number of carboxylic acid groups (broad SMARTS) is 2. The van der Waals surface area contributed by atoms with Crippen LogP contribution in [0.15, 0.2) is 60.7 Å². The van der Waals surface area contributed by atoms with Crippen molar-refractivity contribution >= 4 is 36.2 Å². The fraction of sp³-hybridized carbons (Fsp3) is 0.125. The number of hydrogen-bond donors (Lipinski definition) is 0. The Morgan fingerprint density at radius 3 is 1.19 bits per heavy atom. The van der Waals surface area contributed by atoms with Crippen LogP contribution in [-0.2, 0) is 9.59 Å². The van der Waals surface area contributed by atoms with Gasteiger partial charge in [-0.2, -0.15) is 0 Å². The molecule has 0 bridgehead atoms. The Hall–Kier alpha value is -2.08. The molecule has 108 valence electrons. The van der Waals surface area contributed by atoms with E-state index in [1.165, 1.54) is 8.79 Å². The van der Waals surface area contributed by atoms with E-state index in [4.69, 9.17) is 19.8 Å². The Morgan fingerprint density at radius 1 is 0.714 bits per heavy atom. The Balaban J connectivity index is 0.000000421. The van der Waals surface area contributed by atoms with Crippen molar-refractivity contribution in [2.75, 3.05) is 0 Å². The first-order chi connectivity index (χ1) is 9.91. The molecule has 0 aliphatic carbocycles. The van der Waals surface area contributed by atoms with Gasteiger partial charge in [-0.25, -0.2) is 0 Å². The normalized spacial score (nSPS) is 8.10. The van der Waals surface area contributed by atoms with Gasteiger partial charge >= 0.3 is 84.9 Å². The van der Waals surface area contributed by atoms with E-state index in [0.29, 0.717) is 0 Å². The zero-order valence-electron chi connectivity index (χ0n) is 11.9. The third-order valence-corrected chi connectivity index (χ3v) is 4.45. The second kappa shape index (κ2) is 11.7. The molecule has 0 spiro atoms. The van der Waals surface area contributed by atoms with Crippen molar-refractivity contribution in [2.45, 2.75) is 13.8 Å². The van der Waals surface area contributed by atoms with E-state index in [1.807, 2.05) is 0 Å². The van der Waals surface area contributed by atoms with Crippen LogP contribution < -0.4 is 19.0 Å². The van der Waals surface area contributed by atoms with Crippen molar-refractivity contribution in [3.63, 3.8) is 0 Å². The van der Waals surface area contributed by atoms with E-state index >= 15 is 0 Å². The van der Waals surface area contributed by atoms with Crippen LogP contribution in [0.2, 0.25) is 0 Å². The monoisotopic (exact) mass is 346 g/mol. The number of carbonyl (C=O) groups is 2. The number of rotatable bonds is 2. The molecule has 0 unspecified atom stereocenters. The first kappa shape index (κ1) is 18.9. The van der Waals surface area contributed by atoms with E-state index in [9.17, 15) is 0 Å².